The molecular weight excluding hydrogens is 122 g/mol. The van der Waals surface area contributed by atoms with Crippen LogP contribution in [0.5, 0.6) is 0 Å². The van der Waals surface area contributed by atoms with Crippen LogP contribution in [0, 0.1) is 23.7 Å². The van der Waals surface area contributed by atoms with E-state index in [-0.39, 0.29) is 0 Å². The molecule has 2 fully saturated rings. The van der Waals surface area contributed by atoms with Gasteiger partial charge in [-0.15, -0.1) is 0 Å². The molecule has 2 rings (SSSR count). The Bertz CT molecular complexity index is 133. The monoisotopic (exact) mass is 139 g/mol. The fourth-order valence-electron chi connectivity index (χ4n) is 2.63. The largest absolute Gasteiger partial charge is 0.330 e. The summed E-state index contributed by atoms with van der Waals surface area (Å²) in [5.74, 6) is 4.00. The van der Waals surface area contributed by atoms with Gasteiger partial charge in [0.05, 0.1) is 0 Å². The predicted octanol–water partition coefficient (Wildman–Crippen LogP) is 1.63. The molecule has 0 aromatic rings. The molecule has 1 nitrogen and oxygen atoms in total. The van der Waals surface area contributed by atoms with Gasteiger partial charge in [-0.25, -0.2) is 0 Å². The number of hydrogen-bond donors (Lipinski definition) is 1. The fourth-order valence-corrected chi connectivity index (χ4v) is 2.63. The first-order valence-electron chi connectivity index (χ1n) is 4.53. The molecule has 0 radical (unpaired) electrons. The average Bonchev–Trinajstić information content (AvgIpc) is 2.62. The van der Waals surface area contributed by atoms with Gasteiger partial charge in [0.1, 0.15) is 0 Å². The molecule has 0 heterocycles. The van der Waals surface area contributed by atoms with Crippen molar-refractivity contribution in [3.05, 3.63) is 0 Å². The highest BCUT2D eigenvalue weighted by atomic mass is 14.6. The van der Waals surface area contributed by atoms with Gasteiger partial charge in [-0.1, -0.05) is 6.92 Å². The van der Waals surface area contributed by atoms with E-state index in [9.17, 15) is 0 Å². The first-order chi connectivity index (χ1) is 4.83. The molecule has 58 valence electrons. The van der Waals surface area contributed by atoms with Crippen LogP contribution in [-0.4, -0.2) is 6.54 Å². The van der Waals surface area contributed by atoms with Gasteiger partial charge in [0, 0.05) is 0 Å². The van der Waals surface area contributed by atoms with Crippen molar-refractivity contribution in [3.63, 3.8) is 0 Å². The zero-order chi connectivity index (χ0) is 7.14. The summed E-state index contributed by atoms with van der Waals surface area (Å²) in [6, 6.07) is 0. The van der Waals surface area contributed by atoms with Crippen LogP contribution in [0.3, 0.4) is 0 Å². The van der Waals surface area contributed by atoms with Crippen molar-refractivity contribution in [3.8, 4) is 0 Å². The molecule has 2 aliphatic rings. The van der Waals surface area contributed by atoms with Crippen LogP contribution in [0.2, 0.25) is 0 Å². The van der Waals surface area contributed by atoms with E-state index >= 15 is 0 Å². The highest BCUT2D eigenvalue weighted by molar-refractivity contribution is 4.98. The molecule has 2 saturated carbocycles. The zero-order valence-corrected chi connectivity index (χ0v) is 6.72. The number of nitrogens with two attached hydrogens (primary N) is 1. The molecule has 0 aromatic carbocycles. The lowest BCUT2D eigenvalue weighted by Crippen LogP contribution is -2.20. The first-order valence-corrected chi connectivity index (χ1v) is 4.53. The highest BCUT2D eigenvalue weighted by Crippen LogP contribution is 2.57. The summed E-state index contributed by atoms with van der Waals surface area (Å²) in [6.07, 6.45) is 4.49. The standard InChI is InChI=1S/C9H17N/c1-6(5-10)8-3-2-7-4-9(7)8/h6-9H,2-5,10H2,1H3/t6-,7?,8?,9?/m1/s1. The van der Waals surface area contributed by atoms with E-state index in [0.29, 0.717) is 0 Å². The smallest absolute Gasteiger partial charge is 0.00488 e. The van der Waals surface area contributed by atoms with Gasteiger partial charge in [0.2, 0.25) is 0 Å². The molecule has 10 heavy (non-hydrogen) atoms. The maximum atomic E-state index is 5.63. The Morgan fingerprint density at radius 3 is 2.70 bits per heavy atom. The first kappa shape index (κ1) is 6.66. The van der Waals surface area contributed by atoms with Gasteiger partial charge in [0.25, 0.3) is 0 Å². The van der Waals surface area contributed by atoms with Crippen molar-refractivity contribution in [1.29, 1.82) is 0 Å². The van der Waals surface area contributed by atoms with Gasteiger partial charge in [-0.2, -0.15) is 0 Å². The van der Waals surface area contributed by atoms with Crippen LogP contribution in [0.4, 0.5) is 0 Å². The van der Waals surface area contributed by atoms with Crippen molar-refractivity contribution in [2.45, 2.75) is 26.2 Å². The maximum absolute atomic E-state index is 5.63. The Morgan fingerprint density at radius 1 is 1.50 bits per heavy atom. The van der Waals surface area contributed by atoms with E-state index in [2.05, 4.69) is 6.92 Å². The van der Waals surface area contributed by atoms with Crippen molar-refractivity contribution in [2.24, 2.45) is 29.4 Å². The third kappa shape index (κ3) is 0.878. The summed E-state index contributed by atoms with van der Waals surface area (Å²) in [5.41, 5.74) is 5.63. The molecule has 3 unspecified atom stereocenters. The normalized spacial score (nSPS) is 46.8. The van der Waals surface area contributed by atoms with E-state index < -0.39 is 0 Å². The molecule has 0 amide bonds. The summed E-state index contributed by atoms with van der Waals surface area (Å²) in [6.45, 7) is 3.21. The van der Waals surface area contributed by atoms with Crippen LogP contribution in [0.25, 0.3) is 0 Å². The highest BCUT2D eigenvalue weighted by Gasteiger charge is 2.48. The number of hydrogen-bond acceptors (Lipinski definition) is 1. The van der Waals surface area contributed by atoms with Crippen LogP contribution in [0.15, 0.2) is 0 Å². The van der Waals surface area contributed by atoms with Gasteiger partial charge in [0.15, 0.2) is 0 Å². The molecule has 0 bridgehead atoms. The molecule has 2 aliphatic carbocycles. The summed E-state index contributed by atoms with van der Waals surface area (Å²) in [7, 11) is 0. The Hall–Kier alpha value is -0.0400. The zero-order valence-electron chi connectivity index (χ0n) is 6.72. The van der Waals surface area contributed by atoms with Crippen LogP contribution < -0.4 is 5.73 Å². The lowest BCUT2D eigenvalue weighted by molar-refractivity contribution is 0.335. The second-order valence-electron chi connectivity index (χ2n) is 4.11. The average molecular weight is 139 g/mol. The van der Waals surface area contributed by atoms with Crippen molar-refractivity contribution in [2.75, 3.05) is 6.54 Å². The molecule has 0 saturated heterocycles. The van der Waals surface area contributed by atoms with E-state index in [0.717, 1.165) is 30.2 Å². The lowest BCUT2D eigenvalue weighted by Gasteiger charge is -2.18. The van der Waals surface area contributed by atoms with Crippen LogP contribution in [-0.2, 0) is 0 Å². The molecule has 2 N–H and O–H groups in total. The number of fused-ring (bicyclic) bond motifs is 1. The Kier molecular flexibility index (Phi) is 1.48. The second kappa shape index (κ2) is 2.23. The number of rotatable bonds is 2. The quantitative estimate of drug-likeness (QED) is 0.618. The minimum Gasteiger partial charge on any atom is -0.330 e. The molecule has 0 spiro atoms. The Labute approximate surface area is 63.0 Å². The minimum atomic E-state index is 0.789. The molecular formula is C9H17N. The summed E-state index contributed by atoms with van der Waals surface area (Å²) in [5, 5.41) is 0. The van der Waals surface area contributed by atoms with E-state index in [4.69, 9.17) is 5.73 Å². The predicted molar refractivity (Wildman–Crippen MR) is 42.5 cm³/mol. The molecule has 1 heteroatoms. The molecule has 4 atom stereocenters. The molecule has 0 aromatic heterocycles. The van der Waals surface area contributed by atoms with Gasteiger partial charge in [-0.05, 0) is 49.5 Å². The van der Waals surface area contributed by atoms with Crippen molar-refractivity contribution >= 4 is 0 Å². The lowest BCUT2D eigenvalue weighted by atomic mass is 9.89. The Balaban J connectivity index is 1.92. The third-order valence-corrected chi connectivity index (χ3v) is 3.50. The second-order valence-corrected chi connectivity index (χ2v) is 4.11. The maximum Gasteiger partial charge on any atom is -0.00488 e. The van der Waals surface area contributed by atoms with Crippen LogP contribution in [0.1, 0.15) is 26.2 Å². The van der Waals surface area contributed by atoms with Gasteiger partial charge in [-0.3, -0.25) is 0 Å². The fraction of sp³-hybridized carbons (Fsp3) is 1.00. The minimum absolute atomic E-state index is 0.789. The Morgan fingerprint density at radius 2 is 2.30 bits per heavy atom. The van der Waals surface area contributed by atoms with Gasteiger partial charge < -0.3 is 5.73 Å². The SMILES string of the molecule is C[C@H](CN)C1CCC2CC21. The third-order valence-electron chi connectivity index (χ3n) is 3.50. The summed E-state index contributed by atoms with van der Waals surface area (Å²) < 4.78 is 0. The van der Waals surface area contributed by atoms with E-state index in [1.807, 2.05) is 0 Å². The van der Waals surface area contributed by atoms with Crippen LogP contribution >= 0.6 is 0 Å². The summed E-state index contributed by atoms with van der Waals surface area (Å²) in [4.78, 5) is 0. The molecule has 0 aliphatic heterocycles. The van der Waals surface area contributed by atoms with Crippen molar-refractivity contribution < 1.29 is 0 Å². The topological polar surface area (TPSA) is 26.0 Å². The van der Waals surface area contributed by atoms with E-state index in [1.165, 1.54) is 19.3 Å². The van der Waals surface area contributed by atoms with Crippen molar-refractivity contribution in [1.82, 2.24) is 0 Å². The summed E-state index contributed by atoms with van der Waals surface area (Å²) >= 11 is 0. The van der Waals surface area contributed by atoms with Gasteiger partial charge >= 0.3 is 0 Å². The van der Waals surface area contributed by atoms with E-state index in [1.54, 1.807) is 0 Å².